The first-order chi connectivity index (χ1) is 5.27. The molecule has 4 heteroatoms. The second kappa shape index (κ2) is 3.87. The highest BCUT2D eigenvalue weighted by atomic mass is 127. The van der Waals surface area contributed by atoms with Gasteiger partial charge in [0, 0.05) is 21.4 Å². The fourth-order valence-electron chi connectivity index (χ4n) is 0.670. The van der Waals surface area contributed by atoms with E-state index in [1.807, 2.05) is 0 Å². The van der Waals surface area contributed by atoms with Gasteiger partial charge in [-0.2, -0.15) is 0 Å². The number of nitrogens with zero attached hydrogens (tertiary/aromatic N) is 1. The van der Waals surface area contributed by atoms with Gasteiger partial charge in [-0.05, 0) is 22.6 Å². The number of pyridine rings is 1. The number of aliphatic hydroxyl groups excluding tert-OH is 1. The molecule has 1 rings (SSSR count). The van der Waals surface area contributed by atoms with Crippen LogP contribution < -0.4 is 4.74 Å². The zero-order valence-corrected chi connectivity index (χ0v) is 8.20. The van der Waals surface area contributed by atoms with E-state index in [0.29, 0.717) is 5.88 Å². The number of methoxy groups -OCH3 is 1. The van der Waals surface area contributed by atoms with Gasteiger partial charge >= 0.3 is 0 Å². The van der Waals surface area contributed by atoms with E-state index in [1.54, 1.807) is 19.4 Å². The van der Waals surface area contributed by atoms with Gasteiger partial charge in [0.15, 0.2) is 0 Å². The lowest BCUT2D eigenvalue weighted by atomic mass is 10.3. The van der Waals surface area contributed by atoms with E-state index in [-0.39, 0.29) is 6.61 Å². The Balaban J connectivity index is 2.99. The summed E-state index contributed by atoms with van der Waals surface area (Å²) in [5.41, 5.74) is 0.825. The molecule has 0 aliphatic heterocycles. The largest absolute Gasteiger partial charge is 0.481 e. The maximum atomic E-state index is 8.80. The molecule has 1 N–H and O–H groups in total. The Kier molecular flexibility index (Phi) is 3.07. The van der Waals surface area contributed by atoms with Crippen LogP contribution in [0.2, 0.25) is 0 Å². The summed E-state index contributed by atoms with van der Waals surface area (Å²) in [6.45, 7) is 0.0231. The van der Waals surface area contributed by atoms with E-state index in [4.69, 9.17) is 9.84 Å². The van der Waals surface area contributed by atoms with E-state index < -0.39 is 0 Å². The van der Waals surface area contributed by atoms with Crippen molar-refractivity contribution in [3.05, 3.63) is 21.4 Å². The number of aliphatic hydroxyl groups is 1. The third kappa shape index (κ3) is 2.03. The summed E-state index contributed by atoms with van der Waals surface area (Å²) in [4.78, 5) is 3.94. The van der Waals surface area contributed by atoms with Crippen LogP contribution in [0.4, 0.5) is 0 Å². The molecule has 0 saturated heterocycles. The summed E-state index contributed by atoms with van der Waals surface area (Å²) in [5.74, 6) is 0.576. The molecule has 0 aliphatic rings. The maximum Gasteiger partial charge on any atom is 0.213 e. The summed E-state index contributed by atoms with van der Waals surface area (Å²) in [6.07, 6.45) is 1.61. The van der Waals surface area contributed by atoms with Gasteiger partial charge in [-0.1, -0.05) is 0 Å². The summed E-state index contributed by atoms with van der Waals surface area (Å²) in [7, 11) is 1.57. The topological polar surface area (TPSA) is 42.4 Å². The Bertz CT molecular complexity index is 252. The van der Waals surface area contributed by atoms with Gasteiger partial charge < -0.3 is 9.84 Å². The van der Waals surface area contributed by atoms with E-state index in [2.05, 4.69) is 27.6 Å². The highest BCUT2D eigenvalue weighted by molar-refractivity contribution is 14.1. The molecule has 0 bridgehead atoms. The van der Waals surface area contributed by atoms with Crippen LogP contribution in [0, 0.1) is 3.57 Å². The van der Waals surface area contributed by atoms with E-state index >= 15 is 0 Å². The molecule has 11 heavy (non-hydrogen) atoms. The van der Waals surface area contributed by atoms with Crippen molar-refractivity contribution in [2.24, 2.45) is 0 Å². The highest BCUT2D eigenvalue weighted by Crippen LogP contribution is 2.15. The van der Waals surface area contributed by atoms with Crippen LogP contribution in [0.5, 0.6) is 5.88 Å². The molecule has 0 saturated carbocycles. The zero-order valence-electron chi connectivity index (χ0n) is 6.04. The molecule has 1 aromatic heterocycles. The molecule has 0 amide bonds. The Morgan fingerprint density at radius 3 is 2.91 bits per heavy atom. The number of hydrogen-bond acceptors (Lipinski definition) is 3. The van der Waals surface area contributed by atoms with Gasteiger partial charge in [0.05, 0.1) is 13.7 Å². The molecule has 0 unspecified atom stereocenters. The van der Waals surface area contributed by atoms with Crippen LogP contribution in [0.15, 0.2) is 12.3 Å². The molecule has 0 aromatic carbocycles. The standard InChI is InChI=1S/C7H8INO2/c1-11-7-2-6(8)5(4-10)3-9-7/h2-3,10H,4H2,1H3. The fraction of sp³-hybridized carbons (Fsp3) is 0.286. The van der Waals surface area contributed by atoms with Gasteiger partial charge in [0.2, 0.25) is 5.88 Å². The van der Waals surface area contributed by atoms with Crippen molar-refractivity contribution in [2.45, 2.75) is 6.61 Å². The minimum absolute atomic E-state index is 0.0231. The maximum absolute atomic E-state index is 8.80. The first-order valence-corrected chi connectivity index (χ1v) is 4.15. The lowest BCUT2D eigenvalue weighted by molar-refractivity contribution is 0.280. The van der Waals surface area contributed by atoms with Gasteiger partial charge in [-0.25, -0.2) is 4.98 Å². The number of halogens is 1. The quantitative estimate of drug-likeness (QED) is 0.817. The summed E-state index contributed by atoms with van der Waals surface area (Å²) >= 11 is 2.13. The Morgan fingerprint density at radius 1 is 1.73 bits per heavy atom. The molecule has 0 spiro atoms. The predicted octanol–water partition coefficient (Wildman–Crippen LogP) is 1.19. The zero-order chi connectivity index (χ0) is 8.27. The molecule has 1 heterocycles. The normalized spacial score (nSPS) is 9.73. The predicted molar refractivity (Wildman–Crippen MR) is 49.4 cm³/mol. The molecule has 0 aliphatic carbocycles. The minimum atomic E-state index is 0.0231. The number of aromatic nitrogens is 1. The number of rotatable bonds is 2. The lowest BCUT2D eigenvalue weighted by Gasteiger charge is -2.01. The molecule has 0 fully saturated rings. The van der Waals surface area contributed by atoms with Gasteiger partial charge in [0.25, 0.3) is 0 Å². The van der Waals surface area contributed by atoms with Crippen LogP contribution in [0.3, 0.4) is 0 Å². The Labute approximate surface area is 78.6 Å². The molecule has 0 radical (unpaired) electrons. The van der Waals surface area contributed by atoms with Crippen LogP contribution in [-0.2, 0) is 6.61 Å². The van der Waals surface area contributed by atoms with Crippen LogP contribution in [0.1, 0.15) is 5.56 Å². The molecular formula is C7H8INO2. The second-order valence-electron chi connectivity index (χ2n) is 1.98. The van der Waals surface area contributed by atoms with Crippen molar-refractivity contribution >= 4 is 22.6 Å². The Hall–Kier alpha value is -0.360. The van der Waals surface area contributed by atoms with Crippen molar-refractivity contribution in [1.82, 2.24) is 4.98 Å². The molecular weight excluding hydrogens is 257 g/mol. The van der Waals surface area contributed by atoms with Gasteiger partial charge in [-0.3, -0.25) is 0 Å². The fourth-order valence-corrected chi connectivity index (χ4v) is 1.25. The summed E-state index contributed by atoms with van der Waals surface area (Å²) in [5, 5.41) is 8.80. The van der Waals surface area contributed by atoms with Gasteiger partial charge in [-0.15, -0.1) is 0 Å². The first kappa shape index (κ1) is 8.73. The van der Waals surface area contributed by atoms with Crippen molar-refractivity contribution in [1.29, 1.82) is 0 Å². The van der Waals surface area contributed by atoms with Crippen molar-refractivity contribution in [2.75, 3.05) is 7.11 Å². The molecule has 1 aromatic rings. The number of hydrogen-bond donors (Lipinski definition) is 1. The average molecular weight is 265 g/mol. The van der Waals surface area contributed by atoms with Crippen molar-refractivity contribution in [3.8, 4) is 5.88 Å². The summed E-state index contributed by atoms with van der Waals surface area (Å²) < 4.78 is 5.87. The molecule has 0 atom stereocenters. The SMILES string of the molecule is COc1cc(I)c(CO)cn1. The average Bonchev–Trinajstić information content (AvgIpc) is 2.04. The van der Waals surface area contributed by atoms with Crippen LogP contribution in [0.25, 0.3) is 0 Å². The molecule has 60 valence electrons. The van der Waals surface area contributed by atoms with E-state index in [9.17, 15) is 0 Å². The second-order valence-corrected chi connectivity index (χ2v) is 3.14. The van der Waals surface area contributed by atoms with E-state index in [0.717, 1.165) is 9.13 Å². The molecule has 3 nitrogen and oxygen atoms in total. The summed E-state index contributed by atoms with van der Waals surface area (Å²) in [6, 6.07) is 1.78. The third-order valence-corrected chi connectivity index (χ3v) is 2.29. The lowest BCUT2D eigenvalue weighted by Crippen LogP contribution is -1.93. The van der Waals surface area contributed by atoms with Crippen LogP contribution in [-0.4, -0.2) is 17.2 Å². The van der Waals surface area contributed by atoms with Gasteiger partial charge in [0.1, 0.15) is 0 Å². The monoisotopic (exact) mass is 265 g/mol. The Morgan fingerprint density at radius 2 is 2.45 bits per heavy atom. The smallest absolute Gasteiger partial charge is 0.213 e. The van der Waals surface area contributed by atoms with Crippen LogP contribution >= 0.6 is 22.6 Å². The highest BCUT2D eigenvalue weighted by Gasteiger charge is 2.00. The first-order valence-electron chi connectivity index (χ1n) is 3.07. The third-order valence-electron chi connectivity index (χ3n) is 1.28. The minimum Gasteiger partial charge on any atom is -0.481 e. The van der Waals surface area contributed by atoms with Crippen molar-refractivity contribution in [3.63, 3.8) is 0 Å². The van der Waals surface area contributed by atoms with E-state index in [1.165, 1.54) is 0 Å². The number of ether oxygens (including phenoxy) is 1. The van der Waals surface area contributed by atoms with Crippen molar-refractivity contribution < 1.29 is 9.84 Å².